The van der Waals surface area contributed by atoms with Crippen molar-refractivity contribution in [2.24, 2.45) is 0 Å². The third-order valence-corrected chi connectivity index (χ3v) is 2.28. The molecule has 1 rings (SSSR count). The first-order valence-corrected chi connectivity index (χ1v) is 5.13. The summed E-state index contributed by atoms with van der Waals surface area (Å²) in [6.07, 6.45) is 0.896. The molecule has 4 nitrogen and oxygen atoms in total. The van der Waals surface area contributed by atoms with Crippen LogP contribution in [-0.4, -0.2) is 17.6 Å². The summed E-state index contributed by atoms with van der Waals surface area (Å²) in [6.45, 7) is 4.53. The first-order valence-electron chi connectivity index (χ1n) is 4.25. The van der Waals surface area contributed by atoms with Gasteiger partial charge in [-0.15, -0.1) is 11.3 Å². The van der Waals surface area contributed by atoms with Crippen molar-refractivity contribution < 1.29 is 4.79 Å². The predicted molar refractivity (Wildman–Crippen MR) is 54.2 cm³/mol. The van der Waals surface area contributed by atoms with Crippen LogP contribution in [0.25, 0.3) is 0 Å². The maximum atomic E-state index is 11.1. The molecular weight excluding hydrogens is 186 g/mol. The molecule has 0 saturated heterocycles. The molecule has 0 spiro atoms. The Labute approximate surface area is 81.4 Å². The van der Waals surface area contributed by atoms with Crippen molar-refractivity contribution in [3.63, 3.8) is 0 Å². The van der Waals surface area contributed by atoms with E-state index in [-0.39, 0.29) is 6.03 Å². The molecule has 1 aromatic heterocycles. The second-order valence-electron chi connectivity index (χ2n) is 2.48. The molecule has 0 bridgehead atoms. The van der Waals surface area contributed by atoms with Gasteiger partial charge in [-0.2, -0.15) is 0 Å². The fourth-order valence-electron chi connectivity index (χ4n) is 0.829. The van der Waals surface area contributed by atoms with Gasteiger partial charge in [0, 0.05) is 11.9 Å². The average molecular weight is 199 g/mol. The van der Waals surface area contributed by atoms with Crippen LogP contribution in [0.1, 0.15) is 19.5 Å². The SMILES string of the molecule is CCNC(=O)Nc1nc(CC)cs1. The number of nitrogens with zero attached hydrogens (tertiary/aromatic N) is 1. The Kier molecular flexibility index (Phi) is 3.70. The van der Waals surface area contributed by atoms with Crippen LogP contribution >= 0.6 is 11.3 Å². The van der Waals surface area contributed by atoms with Gasteiger partial charge in [0.25, 0.3) is 0 Å². The molecule has 1 aromatic rings. The van der Waals surface area contributed by atoms with E-state index in [1.807, 2.05) is 19.2 Å². The summed E-state index contributed by atoms with van der Waals surface area (Å²) in [5.41, 5.74) is 1.01. The second kappa shape index (κ2) is 4.81. The van der Waals surface area contributed by atoms with Crippen molar-refractivity contribution in [1.29, 1.82) is 0 Å². The Bertz CT molecular complexity index is 285. The van der Waals surface area contributed by atoms with Crippen molar-refractivity contribution in [1.82, 2.24) is 10.3 Å². The molecule has 0 aliphatic heterocycles. The topological polar surface area (TPSA) is 54.0 Å². The average Bonchev–Trinajstić information content (AvgIpc) is 2.52. The van der Waals surface area contributed by atoms with Gasteiger partial charge in [0.05, 0.1) is 5.69 Å². The molecule has 0 aromatic carbocycles. The highest BCUT2D eigenvalue weighted by atomic mass is 32.1. The minimum atomic E-state index is -0.195. The van der Waals surface area contributed by atoms with Gasteiger partial charge in [-0.3, -0.25) is 5.32 Å². The lowest BCUT2D eigenvalue weighted by molar-refractivity contribution is 0.252. The van der Waals surface area contributed by atoms with Gasteiger partial charge in [-0.25, -0.2) is 9.78 Å². The summed E-state index contributed by atoms with van der Waals surface area (Å²) in [4.78, 5) is 15.3. The number of amides is 2. The maximum Gasteiger partial charge on any atom is 0.321 e. The van der Waals surface area contributed by atoms with E-state index in [0.717, 1.165) is 12.1 Å². The number of hydrogen-bond acceptors (Lipinski definition) is 3. The van der Waals surface area contributed by atoms with E-state index in [4.69, 9.17) is 0 Å². The zero-order valence-corrected chi connectivity index (χ0v) is 8.57. The van der Waals surface area contributed by atoms with Crippen molar-refractivity contribution in [2.75, 3.05) is 11.9 Å². The monoisotopic (exact) mass is 199 g/mol. The van der Waals surface area contributed by atoms with Gasteiger partial charge in [0.2, 0.25) is 0 Å². The Morgan fingerprint density at radius 1 is 1.62 bits per heavy atom. The van der Waals surface area contributed by atoms with Crippen LogP contribution in [0.5, 0.6) is 0 Å². The zero-order valence-electron chi connectivity index (χ0n) is 7.76. The molecule has 0 saturated carbocycles. The number of urea groups is 1. The number of carbonyl (C=O) groups excluding carboxylic acids is 1. The van der Waals surface area contributed by atoms with Crippen LogP contribution in [0.3, 0.4) is 0 Å². The number of anilines is 1. The highest BCUT2D eigenvalue weighted by Gasteiger charge is 2.03. The van der Waals surface area contributed by atoms with Crippen molar-refractivity contribution in [2.45, 2.75) is 20.3 Å². The van der Waals surface area contributed by atoms with Gasteiger partial charge in [-0.05, 0) is 13.3 Å². The lowest BCUT2D eigenvalue weighted by atomic mass is 10.4. The van der Waals surface area contributed by atoms with E-state index < -0.39 is 0 Å². The summed E-state index contributed by atoms with van der Waals surface area (Å²) >= 11 is 1.45. The van der Waals surface area contributed by atoms with Gasteiger partial charge in [0.1, 0.15) is 0 Å². The number of hydrogen-bond donors (Lipinski definition) is 2. The number of carbonyl (C=O) groups is 1. The van der Waals surface area contributed by atoms with Crippen LogP contribution in [0, 0.1) is 0 Å². The standard InChI is InChI=1S/C8H13N3OS/c1-3-6-5-13-8(10-6)11-7(12)9-4-2/h5H,3-4H2,1-2H3,(H2,9,10,11,12). The van der Waals surface area contributed by atoms with Crippen LogP contribution in [-0.2, 0) is 6.42 Å². The number of rotatable bonds is 3. The van der Waals surface area contributed by atoms with Crippen LogP contribution in [0.15, 0.2) is 5.38 Å². The number of aromatic nitrogens is 1. The third-order valence-electron chi connectivity index (χ3n) is 1.47. The lowest BCUT2D eigenvalue weighted by Crippen LogP contribution is -2.28. The minimum absolute atomic E-state index is 0.195. The second-order valence-corrected chi connectivity index (χ2v) is 3.34. The first kappa shape index (κ1) is 9.98. The molecule has 13 heavy (non-hydrogen) atoms. The molecule has 0 fully saturated rings. The molecule has 72 valence electrons. The molecule has 2 amide bonds. The van der Waals surface area contributed by atoms with E-state index in [1.54, 1.807) is 0 Å². The van der Waals surface area contributed by atoms with E-state index >= 15 is 0 Å². The molecule has 0 radical (unpaired) electrons. The Morgan fingerprint density at radius 2 is 2.38 bits per heavy atom. The molecule has 0 aliphatic rings. The summed E-state index contributed by atoms with van der Waals surface area (Å²) in [5, 5.41) is 7.89. The summed E-state index contributed by atoms with van der Waals surface area (Å²) in [6, 6.07) is -0.195. The van der Waals surface area contributed by atoms with E-state index in [1.165, 1.54) is 11.3 Å². The number of aryl methyl sites for hydroxylation is 1. The van der Waals surface area contributed by atoms with Crippen LogP contribution in [0.2, 0.25) is 0 Å². The quantitative estimate of drug-likeness (QED) is 0.780. The summed E-state index contributed by atoms with van der Waals surface area (Å²) < 4.78 is 0. The molecule has 5 heteroatoms. The fraction of sp³-hybridized carbons (Fsp3) is 0.500. The molecule has 1 heterocycles. The number of nitrogens with one attached hydrogen (secondary N) is 2. The maximum absolute atomic E-state index is 11.1. The zero-order chi connectivity index (χ0) is 9.68. The summed E-state index contributed by atoms with van der Waals surface area (Å²) in [7, 11) is 0. The minimum Gasteiger partial charge on any atom is -0.338 e. The molecule has 0 aliphatic carbocycles. The number of thiazole rings is 1. The predicted octanol–water partition coefficient (Wildman–Crippen LogP) is 1.85. The molecule has 0 unspecified atom stereocenters. The van der Waals surface area contributed by atoms with Crippen molar-refractivity contribution in [3.8, 4) is 0 Å². The summed E-state index contributed by atoms with van der Waals surface area (Å²) in [5.74, 6) is 0. The van der Waals surface area contributed by atoms with Crippen molar-refractivity contribution in [3.05, 3.63) is 11.1 Å². The Balaban J connectivity index is 2.49. The smallest absolute Gasteiger partial charge is 0.321 e. The third kappa shape index (κ3) is 3.02. The van der Waals surface area contributed by atoms with Gasteiger partial charge in [-0.1, -0.05) is 6.92 Å². The molecular formula is C8H13N3OS. The van der Waals surface area contributed by atoms with Gasteiger partial charge in [0.15, 0.2) is 5.13 Å². The normalized spacial score (nSPS) is 9.69. The fourth-order valence-corrected chi connectivity index (χ4v) is 1.62. The molecule has 0 atom stereocenters. The largest absolute Gasteiger partial charge is 0.338 e. The van der Waals surface area contributed by atoms with Gasteiger partial charge < -0.3 is 5.32 Å². The Morgan fingerprint density at radius 3 is 2.92 bits per heavy atom. The lowest BCUT2D eigenvalue weighted by Gasteiger charge is -2.00. The van der Waals surface area contributed by atoms with E-state index in [2.05, 4.69) is 15.6 Å². The van der Waals surface area contributed by atoms with E-state index in [9.17, 15) is 4.79 Å². The van der Waals surface area contributed by atoms with Crippen LogP contribution < -0.4 is 10.6 Å². The van der Waals surface area contributed by atoms with Crippen LogP contribution in [0.4, 0.5) is 9.93 Å². The first-order chi connectivity index (χ1) is 6.26. The highest BCUT2D eigenvalue weighted by Crippen LogP contribution is 2.15. The van der Waals surface area contributed by atoms with Gasteiger partial charge >= 0.3 is 6.03 Å². The molecule has 2 N–H and O–H groups in total. The Hall–Kier alpha value is -1.10. The van der Waals surface area contributed by atoms with Crippen molar-refractivity contribution >= 4 is 22.5 Å². The highest BCUT2D eigenvalue weighted by molar-refractivity contribution is 7.13. The van der Waals surface area contributed by atoms with E-state index in [0.29, 0.717) is 11.7 Å².